The predicted octanol–water partition coefficient (Wildman–Crippen LogP) is 4.81. The van der Waals surface area contributed by atoms with Crippen molar-refractivity contribution in [2.24, 2.45) is 17.8 Å². The van der Waals surface area contributed by atoms with Crippen LogP contribution in [0.1, 0.15) is 59.3 Å². The third-order valence-corrected chi connectivity index (χ3v) is 3.94. The first kappa shape index (κ1) is 11.8. The van der Waals surface area contributed by atoms with Crippen LogP contribution in [-0.2, 0) is 0 Å². The van der Waals surface area contributed by atoms with E-state index in [0.29, 0.717) is 0 Å². The molecule has 0 spiro atoms. The molecule has 1 aliphatic rings. The second-order valence-electron chi connectivity index (χ2n) is 5.15. The van der Waals surface area contributed by atoms with Crippen molar-refractivity contribution in [3.05, 3.63) is 12.2 Å². The molecule has 0 radical (unpaired) electrons. The van der Waals surface area contributed by atoms with Crippen LogP contribution in [-0.4, -0.2) is 0 Å². The molecular weight excluding hydrogens is 168 g/mol. The van der Waals surface area contributed by atoms with Crippen LogP contribution in [0.5, 0.6) is 0 Å². The minimum absolute atomic E-state index is 0.863. The summed E-state index contributed by atoms with van der Waals surface area (Å²) in [5.41, 5.74) is 1.44. The van der Waals surface area contributed by atoms with Gasteiger partial charge in [0.25, 0.3) is 0 Å². The third kappa shape index (κ3) is 3.15. The van der Waals surface area contributed by atoms with Gasteiger partial charge in [0.15, 0.2) is 0 Å². The molecule has 14 heavy (non-hydrogen) atoms. The summed E-state index contributed by atoms with van der Waals surface area (Å²) in [5, 5.41) is 0. The molecule has 82 valence electrons. The zero-order valence-electron chi connectivity index (χ0n) is 10.2. The standard InChI is InChI=1S/C14H26/c1-5-11(3)9-12(4)10-14-8-7-13(14)6-2/h12-14H,3,5-10H2,1-2,4H3. The Hall–Kier alpha value is -0.260. The van der Waals surface area contributed by atoms with Crippen molar-refractivity contribution in [2.45, 2.75) is 59.3 Å². The van der Waals surface area contributed by atoms with Crippen LogP contribution in [0.4, 0.5) is 0 Å². The van der Waals surface area contributed by atoms with Crippen molar-refractivity contribution in [1.29, 1.82) is 0 Å². The van der Waals surface area contributed by atoms with Crippen molar-refractivity contribution in [3.63, 3.8) is 0 Å². The highest BCUT2D eigenvalue weighted by atomic mass is 14.3. The van der Waals surface area contributed by atoms with Crippen LogP contribution in [0.2, 0.25) is 0 Å². The van der Waals surface area contributed by atoms with Gasteiger partial charge in [-0.05, 0) is 49.9 Å². The Labute approximate surface area is 89.8 Å². The van der Waals surface area contributed by atoms with E-state index in [1.54, 1.807) is 0 Å². The molecule has 3 unspecified atom stereocenters. The van der Waals surface area contributed by atoms with E-state index in [9.17, 15) is 0 Å². The number of hydrogen-bond donors (Lipinski definition) is 0. The fraction of sp³-hybridized carbons (Fsp3) is 0.857. The van der Waals surface area contributed by atoms with Crippen LogP contribution >= 0.6 is 0 Å². The third-order valence-electron chi connectivity index (χ3n) is 3.94. The number of hydrogen-bond acceptors (Lipinski definition) is 0. The number of allylic oxidation sites excluding steroid dienone is 1. The molecule has 1 aliphatic carbocycles. The SMILES string of the molecule is C=C(CC)CC(C)CC1CCC1CC. The van der Waals surface area contributed by atoms with Gasteiger partial charge in [-0.25, -0.2) is 0 Å². The van der Waals surface area contributed by atoms with Crippen LogP contribution in [0.25, 0.3) is 0 Å². The molecule has 0 aliphatic heterocycles. The summed E-state index contributed by atoms with van der Waals surface area (Å²) in [5.74, 6) is 2.95. The average molecular weight is 194 g/mol. The van der Waals surface area contributed by atoms with Crippen LogP contribution < -0.4 is 0 Å². The van der Waals surface area contributed by atoms with E-state index in [0.717, 1.165) is 24.2 Å². The molecule has 3 atom stereocenters. The minimum Gasteiger partial charge on any atom is -0.0999 e. The Balaban J connectivity index is 2.20. The fourth-order valence-electron chi connectivity index (χ4n) is 2.72. The topological polar surface area (TPSA) is 0 Å². The van der Waals surface area contributed by atoms with Crippen LogP contribution in [0.3, 0.4) is 0 Å². The van der Waals surface area contributed by atoms with Crippen LogP contribution in [0, 0.1) is 17.8 Å². The van der Waals surface area contributed by atoms with Crippen LogP contribution in [0.15, 0.2) is 12.2 Å². The Kier molecular flexibility index (Phi) is 4.71. The highest BCUT2D eigenvalue weighted by Gasteiger charge is 2.29. The summed E-state index contributed by atoms with van der Waals surface area (Å²) in [4.78, 5) is 0. The predicted molar refractivity (Wildman–Crippen MR) is 64.3 cm³/mol. The van der Waals surface area contributed by atoms with Gasteiger partial charge in [-0.3, -0.25) is 0 Å². The lowest BCUT2D eigenvalue weighted by Gasteiger charge is -2.38. The van der Waals surface area contributed by atoms with Crippen molar-refractivity contribution in [2.75, 3.05) is 0 Å². The summed E-state index contributed by atoms with van der Waals surface area (Å²) in [6.45, 7) is 11.1. The van der Waals surface area contributed by atoms with Gasteiger partial charge >= 0.3 is 0 Å². The van der Waals surface area contributed by atoms with E-state index >= 15 is 0 Å². The molecule has 0 N–H and O–H groups in total. The van der Waals surface area contributed by atoms with E-state index in [-0.39, 0.29) is 0 Å². The molecular formula is C14H26. The van der Waals surface area contributed by atoms with Gasteiger partial charge in [-0.15, -0.1) is 0 Å². The largest absolute Gasteiger partial charge is 0.0999 e. The molecule has 0 aromatic rings. The summed E-state index contributed by atoms with van der Waals surface area (Å²) in [7, 11) is 0. The maximum atomic E-state index is 4.10. The second kappa shape index (κ2) is 5.58. The molecule has 0 heteroatoms. The van der Waals surface area contributed by atoms with Crippen molar-refractivity contribution < 1.29 is 0 Å². The van der Waals surface area contributed by atoms with Crippen molar-refractivity contribution in [3.8, 4) is 0 Å². The Morgan fingerprint density at radius 1 is 1.29 bits per heavy atom. The summed E-state index contributed by atoms with van der Waals surface area (Å²) in [6, 6.07) is 0. The monoisotopic (exact) mass is 194 g/mol. The highest BCUT2D eigenvalue weighted by molar-refractivity contribution is 4.94. The van der Waals surface area contributed by atoms with E-state index in [2.05, 4.69) is 27.4 Å². The first-order valence-corrected chi connectivity index (χ1v) is 6.34. The van der Waals surface area contributed by atoms with Gasteiger partial charge in [0.05, 0.1) is 0 Å². The van der Waals surface area contributed by atoms with Gasteiger partial charge < -0.3 is 0 Å². The maximum absolute atomic E-state index is 4.10. The van der Waals surface area contributed by atoms with Gasteiger partial charge in [-0.1, -0.05) is 39.3 Å². The van der Waals surface area contributed by atoms with E-state index in [1.165, 1.54) is 37.7 Å². The molecule has 1 rings (SSSR count). The molecule has 0 aromatic carbocycles. The fourth-order valence-corrected chi connectivity index (χ4v) is 2.72. The summed E-state index contributed by atoms with van der Waals surface area (Å²) >= 11 is 0. The normalized spacial score (nSPS) is 28.2. The second-order valence-corrected chi connectivity index (χ2v) is 5.15. The molecule has 1 saturated carbocycles. The lowest BCUT2D eigenvalue weighted by molar-refractivity contribution is 0.139. The van der Waals surface area contributed by atoms with Crippen molar-refractivity contribution >= 4 is 0 Å². The van der Waals surface area contributed by atoms with Gasteiger partial charge in [-0.2, -0.15) is 0 Å². The Bertz CT molecular complexity index is 178. The molecule has 0 amide bonds. The molecule has 0 aromatic heterocycles. The van der Waals surface area contributed by atoms with E-state index in [4.69, 9.17) is 0 Å². The molecule has 0 bridgehead atoms. The minimum atomic E-state index is 0.863. The number of rotatable bonds is 6. The first-order chi connectivity index (χ1) is 6.67. The quantitative estimate of drug-likeness (QED) is 0.532. The maximum Gasteiger partial charge on any atom is -0.0297 e. The lowest BCUT2D eigenvalue weighted by atomic mass is 9.68. The lowest BCUT2D eigenvalue weighted by Crippen LogP contribution is -2.26. The smallest absolute Gasteiger partial charge is 0.0297 e. The zero-order chi connectivity index (χ0) is 10.6. The van der Waals surface area contributed by atoms with Gasteiger partial charge in [0.1, 0.15) is 0 Å². The zero-order valence-corrected chi connectivity index (χ0v) is 10.2. The highest BCUT2D eigenvalue weighted by Crippen LogP contribution is 2.41. The van der Waals surface area contributed by atoms with E-state index in [1.807, 2.05) is 0 Å². The Morgan fingerprint density at radius 3 is 2.36 bits per heavy atom. The molecule has 0 nitrogen and oxygen atoms in total. The van der Waals surface area contributed by atoms with Gasteiger partial charge in [0.2, 0.25) is 0 Å². The molecule has 1 fully saturated rings. The summed E-state index contributed by atoms with van der Waals surface area (Å²) < 4.78 is 0. The van der Waals surface area contributed by atoms with E-state index < -0.39 is 0 Å². The first-order valence-electron chi connectivity index (χ1n) is 6.34. The Morgan fingerprint density at radius 2 is 1.93 bits per heavy atom. The molecule has 0 heterocycles. The average Bonchev–Trinajstić information content (AvgIpc) is 2.13. The van der Waals surface area contributed by atoms with Gasteiger partial charge in [0, 0.05) is 0 Å². The molecule has 0 saturated heterocycles. The van der Waals surface area contributed by atoms with Crippen molar-refractivity contribution in [1.82, 2.24) is 0 Å². The summed E-state index contributed by atoms with van der Waals surface area (Å²) in [6.07, 6.45) is 8.23.